The molecule has 1 atom stereocenters. The predicted molar refractivity (Wildman–Crippen MR) is 76.5 cm³/mol. The summed E-state index contributed by atoms with van der Waals surface area (Å²) >= 11 is 0. The highest BCUT2D eigenvalue weighted by atomic mass is 35.5. The Labute approximate surface area is 121 Å². The van der Waals surface area contributed by atoms with Crippen molar-refractivity contribution < 1.29 is 10.0 Å². The average molecular weight is 309 g/mol. The smallest absolute Gasteiger partial charge is 0.338 e. The molecule has 2 aromatic heterocycles. The highest BCUT2D eigenvalue weighted by Crippen LogP contribution is 2.28. The first-order valence-corrected chi connectivity index (χ1v) is 5.13. The monoisotopic (exact) mass is 308 g/mol. The molecule has 2 heterocycles. The molecule has 0 spiro atoms. The van der Waals surface area contributed by atoms with Crippen LogP contribution in [0, 0.1) is 10.1 Å². The van der Waals surface area contributed by atoms with Crippen LogP contribution in [0.5, 0.6) is 0 Å². The SMILES string of the molecule is CC(O)CNc1nn2ccccc2c1[N+](=O)[O-].Cl.Cl. The van der Waals surface area contributed by atoms with E-state index in [1.165, 1.54) is 4.52 Å². The molecular formula is C10H14Cl2N4O3. The van der Waals surface area contributed by atoms with Crippen molar-refractivity contribution in [1.82, 2.24) is 9.61 Å². The van der Waals surface area contributed by atoms with Crippen LogP contribution in [0.15, 0.2) is 24.4 Å². The van der Waals surface area contributed by atoms with E-state index >= 15 is 0 Å². The van der Waals surface area contributed by atoms with Gasteiger partial charge in [-0.2, -0.15) is 0 Å². The molecule has 0 aromatic carbocycles. The largest absolute Gasteiger partial charge is 0.392 e. The fourth-order valence-corrected chi connectivity index (χ4v) is 1.53. The van der Waals surface area contributed by atoms with E-state index in [-0.39, 0.29) is 42.9 Å². The number of pyridine rings is 1. The van der Waals surface area contributed by atoms with Crippen molar-refractivity contribution in [2.45, 2.75) is 13.0 Å². The molecule has 2 aromatic rings. The summed E-state index contributed by atoms with van der Waals surface area (Å²) in [6.07, 6.45) is 1.04. The second-order valence-corrected chi connectivity index (χ2v) is 3.71. The van der Waals surface area contributed by atoms with E-state index in [0.717, 1.165) is 0 Å². The van der Waals surface area contributed by atoms with Gasteiger partial charge >= 0.3 is 5.69 Å². The molecule has 1 unspecified atom stereocenters. The molecule has 0 saturated heterocycles. The number of aliphatic hydroxyl groups excluding tert-OH is 1. The number of rotatable bonds is 4. The number of anilines is 1. The van der Waals surface area contributed by atoms with Crippen LogP contribution >= 0.6 is 24.8 Å². The number of aliphatic hydroxyl groups is 1. The number of hydrogen-bond donors (Lipinski definition) is 2. The Balaban J connectivity index is 0.00000162. The van der Waals surface area contributed by atoms with Crippen LogP contribution in [0.3, 0.4) is 0 Å². The third kappa shape index (κ3) is 3.69. The van der Waals surface area contributed by atoms with Gasteiger partial charge < -0.3 is 10.4 Å². The van der Waals surface area contributed by atoms with Gasteiger partial charge in [0.15, 0.2) is 0 Å². The number of fused-ring (bicyclic) bond motifs is 1. The minimum absolute atomic E-state index is 0. The Morgan fingerprint density at radius 3 is 2.79 bits per heavy atom. The van der Waals surface area contributed by atoms with Crippen molar-refractivity contribution in [1.29, 1.82) is 0 Å². The lowest BCUT2D eigenvalue weighted by Crippen LogP contribution is -2.16. The Morgan fingerprint density at radius 2 is 2.21 bits per heavy atom. The lowest BCUT2D eigenvalue weighted by Gasteiger charge is -2.03. The van der Waals surface area contributed by atoms with Gasteiger partial charge in [0.2, 0.25) is 5.82 Å². The van der Waals surface area contributed by atoms with Crippen LogP contribution in [0.1, 0.15) is 6.92 Å². The van der Waals surface area contributed by atoms with E-state index < -0.39 is 11.0 Å². The first kappa shape index (κ1) is 17.4. The zero-order chi connectivity index (χ0) is 12.4. The maximum Gasteiger partial charge on any atom is 0.338 e. The van der Waals surface area contributed by atoms with E-state index in [1.54, 1.807) is 31.3 Å². The molecule has 0 saturated carbocycles. The van der Waals surface area contributed by atoms with Gasteiger partial charge in [0, 0.05) is 12.7 Å². The summed E-state index contributed by atoms with van der Waals surface area (Å²) in [5.41, 5.74) is 0.344. The fraction of sp³-hybridized carbons (Fsp3) is 0.300. The Hall–Kier alpha value is -1.57. The van der Waals surface area contributed by atoms with Gasteiger partial charge in [-0.15, -0.1) is 29.9 Å². The minimum atomic E-state index is -0.598. The number of nitrogens with zero attached hydrogens (tertiary/aromatic N) is 3. The fourth-order valence-electron chi connectivity index (χ4n) is 1.53. The zero-order valence-corrected chi connectivity index (χ0v) is 11.6. The summed E-state index contributed by atoms with van der Waals surface area (Å²) in [5.74, 6) is 0.169. The predicted octanol–water partition coefficient (Wildman–Crippen LogP) is 1.88. The van der Waals surface area contributed by atoms with Crippen LogP contribution in [-0.2, 0) is 0 Å². The molecule has 0 aliphatic carbocycles. The molecule has 2 rings (SSSR count). The molecule has 0 amide bonds. The Kier molecular flexibility index (Phi) is 6.54. The Morgan fingerprint density at radius 1 is 1.53 bits per heavy atom. The maximum atomic E-state index is 11.0. The highest BCUT2D eigenvalue weighted by molar-refractivity contribution is 5.85. The van der Waals surface area contributed by atoms with Crippen molar-refractivity contribution in [2.75, 3.05) is 11.9 Å². The van der Waals surface area contributed by atoms with Crippen molar-refractivity contribution in [3.8, 4) is 0 Å². The van der Waals surface area contributed by atoms with Crippen molar-refractivity contribution >= 4 is 41.8 Å². The summed E-state index contributed by atoms with van der Waals surface area (Å²) < 4.78 is 1.43. The summed E-state index contributed by atoms with van der Waals surface area (Å²) in [4.78, 5) is 10.5. The van der Waals surface area contributed by atoms with Gasteiger partial charge in [0.05, 0.1) is 11.0 Å². The molecule has 0 radical (unpaired) electrons. The molecule has 2 N–H and O–H groups in total. The lowest BCUT2D eigenvalue weighted by atomic mass is 10.3. The second-order valence-electron chi connectivity index (χ2n) is 3.71. The van der Waals surface area contributed by atoms with E-state index in [4.69, 9.17) is 5.11 Å². The summed E-state index contributed by atoms with van der Waals surface area (Å²) in [5, 5.41) is 27.0. The summed E-state index contributed by atoms with van der Waals surface area (Å²) in [6, 6.07) is 5.07. The molecule has 0 bridgehead atoms. The van der Waals surface area contributed by atoms with Crippen molar-refractivity contribution in [2.24, 2.45) is 0 Å². The summed E-state index contributed by atoms with van der Waals surface area (Å²) in [7, 11) is 0. The number of nitrogens with one attached hydrogen (secondary N) is 1. The van der Waals surface area contributed by atoms with Gasteiger partial charge in [-0.3, -0.25) is 10.1 Å². The van der Waals surface area contributed by atoms with Gasteiger partial charge in [0.1, 0.15) is 5.52 Å². The van der Waals surface area contributed by atoms with Crippen LogP contribution in [0.2, 0.25) is 0 Å². The van der Waals surface area contributed by atoms with E-state index in [9.17, 15) is 10.1 Å². The quantitative estimate of drug-likeness (QED) is 0.664. The van der Waals surface area contributed by atoms with Gasteiger partial charge in [-0.25, -0.2) is 4.52 Å². The van der Waals surface area contributed by atoms with Gasteiger partial charge in [-0.1, -0.05) is 6.07 Å². The van der Waals surface area contributed by atoms with E-state index in [1.807, 2.05) is 0 Å². The Bertz CT molecular complexity index is 559. The lowest BCUT2D eigenvalue weighted by molar-refractivity contribution is -0.382. The van der Waals surface area contributed by atoms with Crippen LogP contribution in [-0.4, -0.2) is 32.3 Å². The van der Waals surface area contributed by atoms with Crippen LogP contribution < -0.4 is 5.32 Å². The normalized spacial score (nSPS) is 11.3. The molecule has 19 heavy (non-hydrogen) atoms. The molecule has 0 fully saturated rings. The third-order valence-electron chi connectivity index (χ3n) is 2.26. The zero-order valence-electron chi connectivity index (χ0n) is 10.0. The first-order valence-electron chi connectivity index (χ1n) is 5.13. The highest BCUT2D eigenvalue weighted by Gasteiger charge is 2.22. The second kappa shape index (κ2) is 7.13. The molecule has 7 nitrogen and oxygen atoms in total. The summed E-state index contributed by atoms with van der Waals surface area (Å²) in [6.45, 7) is 1.80. The first-order chi connectivity index (χ1) is 8.09. The molecule has 9 heteroatoms. The minimum Gasteiger partial charge on any atom is -0.392 e. The third-order valence-corrected chi connectivity index (χ3v) is 2.26. The number of halogens is 2. The molecule has 0 aliphatic rings. The van der Waals surface area contributed by atoms with E-state index in [0.29, 0.717) is 5.52 Å². The topological polar surface area (TPSA) is 92.7 Å². The van der Waals surface area contributed by atoms with Crippen molar-refractivity contribution in [3.05, 3.63) is 34.5 Å². The maximum absolute atomic E-state index is 11.0. The van der Waals surface area contributed by atoms with Gasteiger partial charge in [-0.05, 0) is 19.1 Å². The van der Waals surface area contributed by atoms with Gasteiger partial charge in [0.25, 0.3) is 0 Å². The standard InChI is InChI=1S/C10H12N4O3.2ClH/c1-7(15)6-11-10-9(14(16)17)8-4-2-3-5-13(8)12-10;;/h2-5,7,15H,6H2,1H3,(H,11,12);2*1H. The average Bonchev–Trinajstić information content (AvgIpc) is 2.64. The number of hydrogen-bond acceptors (Lipinski definition) is 5. The molecular weight excluding hydrogens is 295 g/mol. The van der Waals surface area contributed by atoms with Crippen molar-refractivity contribution in [3.63, 3.8) is 0 Å². The molecule has 0 aliphatic heterocycles. The number of nitro groups is 1. The van der Waals surface area contributed by atoms with Crippen LogP contribution in [0.25, 0.3) is 5.52 Å². The van der Waals surface area contributed by atoms with E-state index in [2.05, 4.69) is 10.4 Å². The number of aromatic nitrogens is 2. The van der Waals surface area contributed by atoms with Crippen LogP contribution in [0.4, 0.5) is 11.5 Å². The molecule has 106 valence electrons.